The van der Waals surface area contributed by atoms with E-state index in [1.54, 1.807) is 24.3 Å². The molecule has 0 saturated carbocycles. The molecule has 2 atom stereocenters. The normalized spacial score (nSPS) is 13.4. The Morgan fingerprint density at radius 3 is 2.60 bits per heavy atom. The number of phenolic OH excluding ortho intramolecular Hbond substituents is 1. The van der Waals surface area contributed by atoms with Crippen molar-refractivity contribution in [3.8, 4) is 5.75 Å². The van der Waals surface area contributed by atoms with Gasteiger partial charge in [-0.1, -0.05) is 25.1 Å². The molecule has 4 heteroatoms. The van der Waals surface area contributed by atoms with Crippen LogP contribution < -0.4 is 0 Å². The first kappa shape index (κ1) is 16.5. The van der Waals surface area contributed by atoms with Gasteiger partial charge in [0.2, 0.25) is 0 Å². The van der Waals surface area contributed by atoms with Crippen LogP contribution in [0.25, 0.3) is 0 Å². The quantitative estimate of drug-likeness (QED) is 0.575. The summed E-state index contributed by atoms with van der Waals surface area (Å²) < 4.78 is 0. The average molecular weight is 278 g/mol. The molecular weight excluding hydrogens is 256 g/mol. The minimum atomic E-state index is -0.787. The first-order valence-electron chi connectivity index (χ1n) is 6.76. The predicted molar refractivity (Wildman–Crippen MR) is 77.3 cm³/mol. The van der Waals surface area contributed by atoms with E-state index in [0.29, 0.717) is 18.4 Å². The Balaban J connectivity index is 2.68. The molecule has 0 aromatic heterocycles. The van der Waals surface area contributed by atoms with Gasteiger partial charge in [-0.2, -0.15) is 0 Å². The zero-order valence-electron chi connectivity index (χ0n) is 11.7. The van der Waals surface area contributed by atoms with Gasteiger partial charge < -0.3 is 20.4 Å². The van der Waals surface area contributed by atoms with E-state index in [4.69, 9.17) is 5.11 Å². The molecule has 0 unspecified atom stereocenters. The molecule has 0 saturated heterocycles. The average Bonchev–Trinajstić information content (AvgIpc) is 2.46. The molecule has 1 aromatic rings. The summed E-state index contributed by atoms with van der Waals surface area (Å²) in [4.78, 5) is 0. The van der Waals surface area contributed by atoms with Crippen LogP contribution in [0.3, 0.4) is 0 Å². The zero-order chi connectivity index (χ0) is 15.0. The lowest BCUT2D eigenvalue weighted by atomic mass is 10.0. The molecule has 110 valence electrons. The van der Waals surface area contributed by atoms with Crippen LogP contribution in [0.15, 0.2) is 41.6 Å². The van der Waals surface area contributed by atoms with Gasteiger partial charge in [-0.05, 0) is 24.1 Å². The number of aromatic hydroxyl groups is 1. The maximum atomic E-state index is 9.99. The second-order valence-corrected chi connectivity index (χ2v) is 4.66. The van der Waals surface area contributed by atoms with Gasteiger partial charge in [0.05, 0.1) is 18.8 Å². The number of benzene rings is 1. The second-order valence-electron chi connectivity index (χ2n) is 4.66. The van der Waals surface area contributed by atoms with Crippen LogP contribution in [0, 0.1) is 0 Å². The highest BCUT2D eigenvalue weighted by atomic mass is 16.3. The Labute approximate surface area is 119 Å². The minimum absolute atomic E-state index is 0.0730. The number of rotatable bonds is 7. The molecule has 1 aromatic carbocycles. The molecule has 0 fully saturated rings. The summed E-state index contributed by atoms with van der Waals surface area (Å²) in [5.41, 5.74) is 4.40. The van der Waals surface area contributed by atoms with Gasteiger partial charge in [-0.25, -0.2) is 0 Å². The SMILES string of the molecule is CCC(=C=CC[C@@H](O)c1ccccc1O)C[C@@H](O)CO. The van der Waals surface area contributed by atoms with Crippen LogP contribution in [0.2, 0.25) is 0 Å². The molecule has 0 amide bonds. The topological polar surface area (TPSA) is 80.9 Å². The van der Waals surface area contributed by atoms with Crippen molar-refractivity contribution in [1.82, 2.24) is 0 Å². The second kappa shape index (κ2) is 8.56. The van der Waals surface area contributed by atoms with Crippen LogP contribution >= 0.6 is 0 Å². The maximum Gasteiger partial charge on any atom is 0.121 e. The lowest BCUT2D eigenvalue weighted by molar-refractivity contribution is 0.0950. The summed E-state index contributed by atoms with van der Waals surface area (Å²) in [6.45, 7) is 1.67. The van der Waals surface area contributed by atoms with E-state index in [9.17, 15) is 15.3 Å². The summed E-state index contributed by atoms with van der Waals surface area (Å²) in [6, 6.07) is 6.67. The van der Waals surface area contributed by atoms with Crippen molar-refractivity contribution in [2.75, 3.05) is 6.61 Å². The van der Waals surface area contributed by atoms with Crippen LogP contribution in [-0.2, 0) is 0 Å². The summed E-state index contributed by atoms with van der Waals surface area (Å²) >= 11 is 0. The van der Waals surface area contributed by atoms with E-state index in [0.717, 1.165) is 12.0 Å². The fourth-order valence-corrected chi connectivity index (χ4v) is 1.87. The molecule has 0 bridgehead atoms. The number of hydrogen-bond donors (Lipinski definition) is 4. The van der Waals surface area contributed by atoms with E-state index < -0.39 is 12.2 Å². The largest absolute Gasteiger partial charge is 0.508 e. The lowest BCUT2D eigenvalue weighted by Crippen LogP contribution is -2.12. The standard InChI is InChI=1S/C16H22O4/c1-2-12(10-13(18)11-17)6-5-9-16(20)14-7-3-4-8-15(14)19/h3-5,7-8,13,16-20H,2,9-11H2,1H3/t6?,13-,16-/m1/s1. The lowest BCUT2D eigenvalue weighted by Gasteiger charge is -2.10. The van der Waals surface area contributed by atoms with Crippen LogP contribution in [0.4, 0.5) is 0 Å². The van der Waals surface area contributed by atoms with Crippen molar-refractivity contribution in [2.45, 2.75) is 38.4 Å². The molecule has 0 aliphatic heterocycles. The van der Waals surface area contributed by atoms with E-state index >= 15 is 0 Å². The summed E-state index contributed by atoms with van der Waals surface area (Å²) in [7, 11) is 0. The van der Waals surface area contributed by atoms with Gasteiger partial charge in [0.15, 0.2) is 0 Å². The highest BCUT2D eigenvalue weighted by Gasteiger charge is 2.09. The van der Waals surface area contributed by atoms with Crippen LogP contribution in [0.1, 0.15) is 37.9 Å². The first-order valence-corrected chi connectivity index (χ1v) is 6.76. The molecule has 4 N–H and O–H groups in total. The van der Waals surface area contributed by atoms with E-state index in [-0.39, 0.29) is 12.4 Å². The monoisotopic (exact) mass is 278 g/mol. The third-order valence-corrected chi connectivity index (χ3v) is 3.06. The fourth-order valence-electron chi connectivity index (χ4n) is 1.87. The van der Waals surface area contributed by atoms with Crippen molar-refractivity contribution < 1.29 is 20.4 Å². The predicted octanol–water partition coefficient (Wildman–Crippen LogP) is 2.05. The smallest absolute Gasteiger partial charge is 0.121 e. The van der Waals surface area contributed by atoms with E-state index in [1.165, 1.54) is 6.07 Å². The molecule has 4 nitrogen and oxygen atoms in total. The van der Waals surface area contributed by atoms with Crippen molar-refractivity contribution in [1.29, 1.82) is 0 Å². The molecule has 0 radical (unpaired) electrons. The van der Waals surface area contributed by atoms with Gasteiger partial charge in [-0.3, -0.25) is 0 Å². The van der Waals surface area contributed by atoms with E-state index in [1.807, 2.05) is 6.92 Å². The third kappa shape index (κ3) is 5.19. The molecule has 0 spiro atoms. The summed E-state index contributed by atoms with van der Waals surface area (Å²) in [5.74, 6) is 0.0730. The molecule has 0 heterocycles. The Morgan fingerprint density at radius 2 is 2.00 bits per heavy atom. The summed E-state index contributed by atoms with van der Waals surface area (Å²) in [5, 5.41) is 37.8. The Kier molecular flexibility index (Phi) is 7.05. The molecular formula is C16H22O4. The van der Waals surface area contributed by atoms with Crippen molar-refractivity contribution in [3.63, 3.8) is 0 Å². The molecule has 0 aliphatic rings. The first-order chi connectivity index (χ1) is 9.58. The maximum absolute atomic E-state index is 9.99. The Hall–Kier alpha value is -1.58. The molecule has 0 aliphatic carbocycles. The minimum Gasteiger partial charge on any atom is -0.508 e. The Bertz CT molecular complexity index is 475. The highest BCUT2D eigenvalue weighted by molar-refractivity contribution is 5.33. The summed E-state index contributed by atoms with van der Waals surface area (Å²) in [6.07, 6.45) is 1.56. The van der Waals surface area contributed by atoms with E-state index in [2.05, 4.69) is 5.73 Å². The van der Waals surface area contributed by atoms with Crippen LogP contribution in [0.5, 0.6) is 5.75 Å². The fraction of sp³-hybridized carbons (Fsp3) is 0.438. The van der Waals surface area contributed by atoms with Crippen molar-refractivity contribution in [3.05, 3.63) is 47.2 Å². The molecule has 1 rings (SSSR count). The van der Waals surface area contributed by atoms with Gasteiger partial charge >= 0.3 is 0 Å². The number of phenols is 1. The van der Waals surface area contributed by atoms with Gasteiger partial charge in [0, 0.05) is 18.4 Å². The zero-order valence-corrected chi connectivity index (χ0v) is 11.7. The highest BCUT2D eigenvalue weighted by Crippen LogP contribution is 2.25. The van der Waals surface area contributed by atoms with Gasteiger partial charge in [0.1, 0.15) is 5.75 Å². The number of aliphatic hydroxyl groups is 3. The third-order valence-electron chi connectivity index (χ3n) is 3.06. The van der Waals surface area contributed by atoms with Gasteiger partial charge in [0.25, 0.3) is 0 Å². The van der Waals surface area contributed by atoms with Crippen LogP contribution in [-0.4, -0.2) is 33.1 Å². The van der Waals surface area contributed by atoms with Crippen molar-refractivity contribution in [2.24, 2.45) is 0 Å². The number of hydrogen-bond acceptors (Lipinski definition) is 4. The Morgan fingerprint density at radius 1 is 1.30 bits per heavy atom. The number of para-hydroxylation sites is 1. The number of aliphatic hydroxyl groups excluding tert-OH is 3. The van der Waals surface area contributed by atoms with Crippen molar-refractivity contribution >= 4 is 0 Å². The van der Waals surface area contributed by atoms with Gasteiger partial charge in [-0.15, -0.1) is 5.73 Å². The molecule has 20 heavy (non-hydrogen) atoms.